The molecular formula is C15H16ClN3S2. The van der Waals surface area contributed by atoms with Gasteiger partial charge in [0.1, 0.15) is 0 Å². The number of thiophene rings is 1. The number of aromatic nitrogens is 2. The normalized spacial score (nSPS) is 10.2. The van der Waals surface area contributed by atoms with Crippen LogP contribution in [0.1, 0.15) is 16.0 Å². The van der Waals surface area contributed by atoms with Crippen molar-refractivity contribution < 1.29 is 0 Å². The van der Waals surface area contributed by atoms with E-state index in [4.69, 9.17) is 0 Å². The SMILES string of the molecule is Cc1ccncc1Nc1nc(-c2csc(C)c2C)cs1.Cl. The Bertz CT molecular complexity index is 749. The summed E-state index contributed by atoms with van der Waals surface area (Å²) in [4.78, 5) is 10.2. The third-order valence-electron chi connectivity index (χ3n) is 3.35. The molecule has 0 saturated heterocycles. The highest BCUT2D eigenvalue weighted by atomic mass is 35.5. The molecule has 0 radical (unpaired) electrons. The molecule has 0 spiro atoms. The second kappa shape index (κ2) is 6.56. The fraction of sp³-hybridized carbons (Fsp3) is 0.200. The van der Waals surface area contributed by atoms with Crippen molar-refractivity contribution in [3.63, 3.8) is 0 Å². The van der Waals surface area contributed by atoms with E-state index in [-0.39, 0.29) is 12.4 Å². The number of aryl methyl sites for hydroxylation is 2. The summed E-state index contributed by atoms with van der Waals surface area (Å²) in [7, 11) is 0. The highest BCUT2D eigenvalue weighted by Gasteiger charge is 2.10. The molecule has 3 nitrogen and oxygen atoms in total. The van der Waals surface area contributed by atoms with E-state index in [0.717, 1.165) is 16.5 Å². The first-order valence-corrected chi connectivity index (χ1v) is 8.09. The van der Waals surface area contributed by atoms with Gasteiger partial charge in [0.15, 0.2) is 5.13 Å². The highest BCUT2D eigenvalue weighted by Crippen LogP contribution is 2.33. The van der Waals surface area contributed by atoms with E-state index in [0.29, 0.717) is 0 Å². The minimum atomic E-state index is 0. The second-order valence-electron chi connectivity index (χ2n) is 4.68. The lowest BCUT2D eigenvalue weighted by Gasteiger charge is -2.04. The summed E-state index contributed by atoms with van der Waals surface area (Å²) in [6.07, 6.45) is 3.63. The summed E-state index contributed by atoms with van der Waals surface area (Å²) >= 11 is 3.40. The van der Waals surface area contributed by atoms with Gasteiger partial charge in [-0.2, -0.15) is 0 Å². The van der Waals surface area contributed by atoms with E-state index in [1.165, 1.54) is 21.6 Å². The Kier molecular flexibility index (Phi) is 4.98. The van der Waals surface area contributed by atoms with Crippen LogP contribution in [0.5, 0.6) is 0 Å². The zero-order valence-electron chi connectivity index (χ0n) is 12.0. The molecule has 0 atom stereocenters. The number of nitrogens with one attached hydrogen (secondary N) is 1. The maximum Gasteiger partial charge on any atom is 0.187 e. The number of hydrogen-bond acceptors (Lipinski definition) is 5. The number of hydrogen-bond donors (Lipinski definition) is 1. The lowest BCUT2D eigenvalue weighted by atomic mass is 10.1. The molecule has 0 saturated carbocycles. The molecule has 1 N–H and O–H groups in total. The zero-order valence-corrected chi connectivity index (χ0v) is 14.5. The van der Waals surface area contributed by atoms with Crippen LogP contribution < -0.4 is 5.32 Å². The van der Waals surface area contributed by atoms with Gasteiger partial charge in [0.2, 0.25) is 0 Å². The maximum absolute atomic E-state index is 4.68. The Morgan fingerprint density at radius 1 is 1.10 bits per heavy atom. The molecule has 110 valence electrons. The number of pyridine rings is 1. The van der Waals surface area contributed by atoms with Crippen molar-refractivity contribution >= 4 is 45.9 Å². The molecule has 3 aromatic heterocycles. The first-order chi connectivity index (χ1) is 9.65. The first-order valence-electron chi connectivity index (χ1n) is 6.33. The van der Waals surface area contributed by atoms with Crippen LogP contribution >= 0.6 is 35.1 Å². The molecule has 3 rings (SSSR count). The van der Waals surface area contributed by atoms with E-state index >= 15 is 0 Å². The summed E-state index contributed by atoms with van der Waals surface area (Å²) in [5, 5.41) is 8.52. The van der Waals surface area contributed by atoms with Gasteiger partial charge in [-0.05, 0) is 38.0 Å². The van der Waals surface area contributed by atoms with Crippen molar-refractivity contribution in [1.29, 1.82) is 0 Å². The van der Waals surface area contributed by atoms with Crippen LogP contribution in [-0.4, -0.2) is 9.97 Å². The average molecular weight is 338 g/mol. The van der Waals surface area contributed by atoms with E-state index in [1.54, 1.807) is 28.9 Å². The minimum absolute atomic E-state index is 0. The van der Waals surface area contributed by atoms with E-state index in [9.17, 15) is 0 Å². The third kappa shape index (κ3) is 3.26. The average Bonchev–Trinajstić information content (AvgIpc) is 3.01. The van der Waals surface area contributed by atoms with Crippen LogP contribution in [0.15, 0.2) is 29.2 Å². The molecule has 0 unspecified atom stereocenters. The van der Waals surface area contributed by atoms with Gasteiger partial charge in [0.05, 0.1) is 17.6 Å². The van der Waals surface area contributed by atoms with Crippen molar-refractivity contribution in [1.82, 2.24) is 9.97 Å². The standard InChI is InChI=1S/C15H15N3S2.ClH/c1-9-4-5-16-6-13(9)17-15-18-14(8-20-15)12-7-19-11(3)10(12)2;/h4-8H,1-3H3,(H,17,18);1H. The van der Waals surface area contributed by atoms with Crippen LogP contribution in [0.4, 0.5) is 10.8 Å². The Morgan fingerprint density at radius 3 is 2.57 bits per heavy atom. The molecule has 0 aliphatic carbocycles. The molecule has 6 heteroatoms. The summed E-state index contributed by atoms with van der Waals surface area (Å²) in [5.41, 5.74) is 5.77. The quantitative estimate of drug-likeness (QED) is 0.699. The third-order valence-corrected chi connectivity index (χ3v) is 5.12. The fourth-order valence-corrected chi connectivity index (χ4v) is 3.53. The first kappa shape index (κ1) is 15.9. The van der Waals surface area contributed by atoms with Crippen LogP contribution in [-0.2, 0) is 0 Å². The van der Waals surface area contributed by atoms with Gasteiger partial charge in [-0.3, -0.25) is 4.98 Å². The highest BCUT2D eigenvalue weighted by molar-refractivity contribution is 7.14. The van der Waals surface area contributed by atoms with Crippen LogP contribution in [0.2, 0.25) is 0 Å². The lowest BCUT2D eigenvalue weighted by Crippen LogP contribution is -1.93. The van der Waals surface area contributed by atoms with Gasteiger partial charge in [-0.1, -0.05) is 0 Å². The van der Waals surface area contributed by atoms with Crippen LogP contribution in [0.3, 0.4) is 0 Å². The lowest BCUT2D eigenvalue weighted by molar-refractivity contribution is 1.27. The predicted octanol–water partition coefficient (Wildman–Crippen LogP) is 5.36. The molecule has 0 bridgehead atoms. The fourth-order valence-electron chi connectivity index (χ4n) is 1.93. The van der Waals surface area contributed by atoms with Gasteiger partial charge < -0.3 is 5.32 Å². The molecule has 3 aromatic rings. The molecular weight excluding hydrogens is 322 g/mol. The Hall–Kier alpha value is -1.43. The topological polar surface area (TPSA) is 37.8 Å². The van der Waals surface area contributed by atoms with Crippen LogP contribution in [0, 0.1) is 20.8 Å². The van der Waals surface area contributed by atoms with Gasteiger partial charge in [-0.15, -0.1) is 35.1 Å². The van der Waals surface area contributed by atoms with Gasteiger partial charge in [0, 0.05) is 27.4 Å². The van der Waals surface area contributed by atoms with E-state index < -0.39 is 0 Å². The monoisotopic (exact) mass is 337 g/mol. The molecule has 21 heavy (non-hydrogen) atoms. The summed E-state index contributed by atoms with van der Waals surface area (Å²) < 4.78 is 0. The minimum Gasteiger partial charge on any atom is -0.330 e. The Balaban J connectivity index is 0.00000161. The molecule has 0 fully saturated rings. The largest absolute Gasteiger partial charge is 0.330 e. The summed E-state index contributed by atoms with van der Waals surface area (Å²) in [5.74, 6) is 0. The molecule has 0 aromatic carbocycles. The maximum atomic E-state index is 4.68. The number of anilines is 2. The molecule has 0 aliphatic rings. The van der Waals surface area contributed by atoms with E-state index in [2.05, 4.69) is 46.8 Å². The molecule has 0 aliphatic heterocycles. The number of thiazole rings is 1. The molecule has 0 amide bonds. The van der Waals surface area contributed by atoms with Gasteiger partial charge in [0.25, 0.3) is 0 Å². The Morgan fingerprint density at radius 2 is 1.90 bits per heavy atom. The van der Waals surface area contributed by atoms with Crippen molar-refractivity contribution in [3.8, 4) is 11.3 Å². The number of nitrogens with zero attached hydrogens (tertiary/aromatic N) is 2. The second-order valence-corrected chi connectivity index (χ2v) is 6.63. The van der Waals surface area contributed by atoms with Crippen molar-refractivity contribution in [2.24, 2.45) is 0 Å². The molecule has 3 heterocycles. The zero-order chi connectivity index (χ0) is 14.1. The Labute approximate surface area is 138 Å². The van der Waals surface area contributed by atoms with Gasteiger partial charge >= 0.3 is 0 Å². The predicted molar refractivity (Wildman–Crippen MR) is 94.4 cm³/mol. The number of halogens is 1. The van der Waals surface area contributed by atoms with Gasteiger partial charge in [-0.25, -0.2) is 4.98 Å². The van der Waals surface area contributed by atoms with Crippen molar-refractivity contribution in [3.05, 3.63) is 45.2 Å². The van der Waals surface area contributed by atoms with E-state index in [1.807, 2.05) is 12.3 Å². The summed E-state index contributed by atoms with van der Waals surface area (Å²) in [6, 6.07) is 1.99. The van der Waals surface area contributed by atoms with Crippen molar-refractivity contribution in [2.75, 3.05) is 5.32 Å². The smallest absolute Gasteiger partial charge is 0.187 e. The number of rotatable bonds is 3. The summed E-state index contributed by atoms with van der Waals surface area (Å²) in [6.45, 7) is 6.36. The van der Waals surface area contributed by atoms with Crippen LogP contribution in [0.25, 0.3) is 11.3 Å². The van der Waals surface area contributed by atoms with Crippen molar-refractivity contribution in [2.45, 2.75) is 20.8 Å².